The van der Waals surface area contributed by atoms with E-state index in [1.807, 2.05) is 17.8 Å². The molecule has 0 aliphatic rings. The first-order valence-corrected chi connectivity index (χ1v) is 7.30. The molecule has 0 spiro atoms. The van der Waals surface area contributed by atoms with Crippen LogP contribution in [0.4, 0.5) is 4.39 Å². The van der Waals surface area contributed by atoms with Gasteiger partial charge in [0.25, 0.3) is 0 Å². The first kappa shape index (κ1) is 14.8. The molecule has 0 aliphatic heterocycles. The number of hydrogen-bond donors (Lipinski definition) is 1. The molecule has 0 radical (unpaired) electrons. The second-order valence-electron chi connectivity index (χ2n) is 4.61. The van der Waals surface area contributed by atoms with Gasteiger partial charge >= 0.3 is 0 Å². The van der Waals surface area contributed by atoms with E-state index < -0.39 is 0 Å². The molecule has 1 atom stereocenters. The normalized spacial score (nSPS) is 13.1. The van der Waals surface area contributed by atoms with Crippen molar-refractivity contribution in [3.05, 3.63) is 34.6 Å². The highest BCUT2D eigenvalue weighted by Crippen LogP contribution is 2.21. The molecule has 0 aliphatic carbocycles. The maximum atomic E-state index is 13.2. The molecule has 1 aromatic carbocycles. The van der Waals surface area contributed by atoms with Gasteiger partial charge in [-0.1, -0.05) is 37.6 Å². The van der Waals surface area contributed by atoms with Gasteiger partial charge in [0, 0.05) is 11.8 Å². The van der Waals surface area contributed by atoms with Crippen LogP contribution in [0.1, 0.15) is 19.4 Å². The topological polar surface area (TPSA) is 26.0 Å². The van der Waals surface area contributed by atoms with Crippen molar-refractivity contribution in [2.24, 2.45) is 11.7 Å². The van der Waals surface area contributed by atoms with Crippen LogP contribution in [-0.2, 0) is 6.42 Å². The molecule has 0 heterocycles. The van der Waals surface area contributed by atoms with Crippen molar-refractivity contribution >= 4 is 23.4 Å². The molecule has 1 nitrogen and oxygen atoms in total. The Morgan fingerprint density at radius 3 is 2.71 bits per heavy atom. The summed E-state index contributed by atoms with van der Waals surface area (Å²) >= 11 is 7.72. The van der Waals surface area contributed by atoms with Gasteiger partial charge in [-0.2, -0.15) is 11.8 Å². The molecule has 1 aromatic rings. The van der Waals surface area contributed by atoms with Gasteiger partial charge in [-0.05, 0) is 29.7 Å². The zero-order chi connectivity index (χ0) is 12.8. The number of nitrogens with two attached hydrogens (primary N) is 1. The van der Waals surface area contributed by atoms with Gasteiger partial charge in [0.1, 0.15) is 5.82 Å². The molecular formula is C13H19ClFNS. The van der Waals surface area contributed by atoms with E-state index >= 15 is 0 Å². The first-order valence-electron chi connectivity index (χ1n) is 5.77. The molecule has 0 fully saturated rings. The summed E-state index contributed by atoms with van der Waals surface area (Å²) in [5, 5.41) is 0.205. The molecule has 1 rings (SSSR count). The minimum absolute atomic E-state index is 0.0260. The predicted octanol–water partition coefficient (Wildman–Crippen LogP) is 3.74. The van der Waals surface area contributed by atoms with Gasteiger partial charge in [-0.25, -0.2) is 4.39 Å². The standard InChI is InChI=1S/C13H19ClFNS/c1-9(2)7-17-8-11(16)6-10-4-3-5-12(15)13(10)14/h3-5,9,11H,6-8,16H2,1-2H3. The average molecular weight is 276 g/mol. The Morgan fingerprint density at radius 2 is 2.06 bits per heavy atom. The van der Waals surface area contributed by atoms with Crippen LogP contribution < -0.4 is 5.73 Å². The maximum absolute atomic E-state index is 13.2. The van der Waals surface area contributed by atoms with E-state index in [1.165, 1.54) is 6.07 Å². The molecule has 4 heteroatoms. The molecule has 96 valence electrons. The van der Waals surface area contributed by atoms with Crippen molar-refractivity contribution in [1.82, 2.24) is 0 Å². The van der Waals surface area contributed by atoms with Gasteiger partial charge in [0.2, 0.25) is 0 Å². The molecule has 1 unspecified atom stereocenters. The minimum atomic E-state index is -0.369. The monoisotopic (exact) mass is 275 g/mol. The Bertz CT molecular complexity index is 357. The van der Waals surface area contributed by atoms with Gasteiger partial charge in [-0.3, -0.25) is 0 Å². The van der Waals surface area contributed by atoms with Crippen LogP contribution in [0, 0.1) is 11.7 Å². The number of hydrogen-bond acceptors (Lipinski definition) is 2. The van der Waals surface area contributed by atoms with Crippen molar-refractivity contribution in [2.75, 3.05) is 11.5 Å². The third-order valence-electron chi connectivity index (χ3n) is 2.30. The third-order valence-corrected chi connectivity index (χ3v) is 4.29. The van der Waals surface area contributed by atoms with E-state index in [2.05, 4.69) is 13.8 Å². The summed E-state index contributed by atoms with van der Waals surface area (Å²) in [4.78, 5) is 0. The number of rotatable bonds is 6. The van der Waals surface area contributed by atoms with E-state index in [1.54, 1.807) is 6.07 Å². The Balaban J connectivity index is 2.45. The highest BCUT2D eigenvalue weighted by atomic mass is 35.5. The van der Waals surface area contributed by atoms with Gasteiger partial charge in [0.15, 0.2) is 0 Å². The maximum Gasteiger partial charge on any atom is 0.142 e. The molecule has 0 saturated carbocycles. The summed E-state index contributed by atoms with van der Waals surface area (Å²) in [6, 6.07) is 4.89. The van der Waals surface area contributed by atoms with E-state index in [0.29, 0.717) is 12.3 Å². The lowest BCUT2D eigenvalue weighted by Gasteiger charge is -2.13. The number of thioether (sulfide) groups is 1. The quantitative estimate of drug-likeness (QED) is 0.856. The van der Waals surface area contributed by atoms with Crippen molar-refractivity contribution in [3.8, 4) is 0 Å². The van der Waals surface area contributed by atoms with Crippen LogP contribution in [0.5, 0.6) is 0 Å². The summed E-state index contributed by atoms with van der Waals surface area (Å²) in [5.74, 6) is 2.28. The fourth-order valence-electron chi connectivity index (χ4n) is 1.50. The van der Waals surface area contributed by atoms with Gasteiger partial charge < -0.3 is 5.73 Å². The lowest BCUT2D eigenvalue weighted by molar-refractivity contribution is 0.623. The van der Waals surface area contributed by atoms with E-state index in [4.69, 9.17) is 17.3 Å². The SMILES string of the molecule is CC(C)CSCC(N)Cc1cccc(F)c1Cl. The minimum Gasteiger partial charge on any atom is -0.327 e. The highest BCUT2D eigenvalue weighted by Gasteiger charge is 2.10. The molecule has 0 saturated heterocycles. The van der Waals surface area contributed by atoms with Crippen LogP contribution >= 0.6 is 23.4 Å². The lowest BCUT2D eigenvalue weighted by Crippen LogP contribution is -2.26. The van der Waals surface area contributed by atoms with Crippen LogP contribution in [0.25, 0.3) is 0 Å². The second kappa shape index (κ2) is 7.24. The molecule has 0 amide bonds. The Kier molecular flexibility index (Phi) is 6.31. The van der Waals surface area contributed by atoms with Crippen molar-refractivity contribution in [3.63, 3.8) is 0 Å². The predicted molar refractivity (Wildman–Crippen MR) is 75.3 cm³/mol. The summed E-state index contributed by atoms with van der Waals surface area (Å²) < 4.78 is 13.2. The molecule has 17 heavy (non-hydrogen) atoms. The number of benzene rings is 1. The highest BCUT2D eigenvalue weighted by molar-refractivity contribution is 7.99. The molecule has 0 aromatic heterocycles. The third kappa shape index (κ3) is 5.28. The zero-order valence-electron chi connectivity index (χ0n) is 10.2. The van der Waals surface area contributed by atoms with E-state index in [0.717, 1.165) is 17.1 Å². The first-order chi connectivity index (χ1) is 8.00. The summed E-state index contributed by atoms with van der Waals surface area (Å²) in [5.41, 5.74) is 6.80. The largest absolute Gasteiger partial charge is 0.327 e. The molecule has 2 N–H and O–H groups in total. The van der Waals surface area contributed by atoms with Crippen LogP contribution in [0.3, 0.4) is 0 Å². The van der Waals surface area contributed by atoms with Crippen molar-refractivity contribution < 1.29 is 4.39 Å². The lowest BCUT2D eigenvalue weighted by atomic mass is 10.1. The summed E-state index contributed by atoms with van der Waals surface area (Å²) in [6.07, 6.45) is 0.627. The summed E-state index contributed by atoms with van der Waals surface area (Å²) in [6.45, 7) is 4.37. The Labute approximate surface area is 112 Å². The second-order valence-corrected chi connectivity index (χ2v) is 6.06. The van der Waals surface area contributed by atoms with Crippen LogP contribution in [-0.4, -0.2) is 17.5 Å². The van der Waals surface area contributed by atoms with Crippen molar-refractivity contribution in [2.45, 2.75) is 26.3 Å². The average Bonchev–Trinajstić information content (AvgIpc) is 2.24. The Morgan fingerprint density at radius 1 is 1.35 bits per heavy atom. The van der Waals surface area contributed by atoms with E-state index in [-0.39, 0.29) is 16.9 Å². The zero-order valence-corrected chi connectivity index (χ0v) is 11.8. The summed E-state index contributed by atoms with van der Waals surface area (Å²) in [7, 11) is 0. The molecule has 0 bridgehead atoms. The fourth-order valence-corrected chi connectivity index (χ4v) is 2.73. The van der Waals surface area contributed by atoms with Crippen molar-refractivity contribution in [1.29, 1.82) is 0 Å². The Hall–Kier alpha value is -0.250. The smallest absolute Gasteiger partial charge is 0.142 e. The number of halogens is 2. The van der Waals surface area contributed by atoms with E-state index in [9.17, 15) is 4.39 Å². The van der Waals surface area contributed by atoms with Gasteiger partial charge in [0.05, 0.1) is 5.02 Å². The fraction of sp³-hybridized carbons (Fsp3) is 0.538. The van der Waals surface area contributed by atoms with Crippen LogP contribution in [0.2, 0.25) is 5.02 Å². The molecular weight excluding hydrogens is 257 g/mol. The van der Waals surface area contributed by atoms with Gasteiger partial charge in [-0.15, -0.1) is 0 Å². The van der Waals surface area contributed by atoms with Crippen LogP contribution in [0.15, 0.2) is 18.2 Å².